The number of benzene rings is 1. The summed E-state index contributed by atoms with van der Waals surface area (Å²) >= 11 is 5.98. The molecule has 1 aromatic heterocycles. The summed E-state index contributed by atoms with van der Waals surface area (Å²) in [5.41, 5.74) is 1.97. The van der Waals surface area contributed by atoms with Gasteiger partial charge < -0.3 is 9.32 Å². The number of furan rings is 1. The third-order valence-electron chi connectivity index (χ3n) is 3.53. The van der Waals surface area contributed by atoms with E-state index in [0.29, 0.717) is 5.02 Å². The number of anilines is 1. The van der Waals surface area contributed by atoms with Gasteiger partial charge >= 0.3 is 0 Å². The molecule has 1 aliphatic heterocycles. The number of hydrogen-bond acceptors (Lipinski definition) is 3. The third-order valence-corrected chi connectivity index (χ3v) is 3.77. The molecule has 3 rings (SSSR count). The van der Waals surface area contributed by atoms with Crippen LogP contribution in [0.15, 0.2) is 39.7 Å². The van der Waals surface area contributed by atoms with Crippen LogP contribution >= 0.6 is 11.6 Å². The number of nitrogens with zero attached hydrogens (tertiary/aromatic N) is 2. The van der Waals surface area contributed by atoms with Gasteiger partial charge in [-0.05, 0) is 43.5 Å². The third kappa shape index (κ3) is 2.88. The van der Waals surface area contributed by atoms with Crippen LogP contribution in [0.4, 0.5) is 11.6 Å². The van der Waals surface area contributed by atoms with Crippen LogP contribution in [0.5, 0.6) is 0 Å². The van der Waals surface area contributed by atoms with Crippen LogP contribution in [0.3, 0.4) is 0 Å². The maximum absolute atomic E-state index is 5.98. The van der Waals surface area contributed by atoms with Crippen LogP contribution in [-0.2, 0) is 0 Å². The number of aliphatic imine (C=N–C) groups is 1. The van der Waals surface area contributed by atoms with Gasteiger partial charge in [-0.25, -0.2) is 0 Å². The van der Waals surface area contributed by atoms with E-state index in [0.717, 1.165) is 36.0 Å². The highest BCUT2D eigenvalue weighted by molar-refractivity contribution is 6.30. The quantitative estimate of drug-likeness (QED) is 0.773. The van der Waals surface area contributed by atoms with Crippen molar-refractivity contribution in [3.05, 3.63) is 46.7 Å². The molecule has 1 aromatic carbocycles. The molecule has 0 atom stereocenters. The lowest BCUT2D eigenvalue weighted by Crippen LogP contribution is -2.16. The van der Waals surface area contributed by atoms with Gasteiger partial charge in [0.05, 0.1) is 11.9 Å². The zero-order valence-corrected chi connectivity index (χ0v) is 12.2. The molecule has 4 heteroatoms. The summed E-state index contributed by atoms with van der Waals surface area (Å²) in [7, 11) is 0. The first-order valence-corrected chi connectivity index (χ1v) is 7.25. The summed E-state index contributed by atoms with van der Waals surface area (Å²) in [6.07, 6.45) is 4.23. The summed E-state index contributed by atoms with van der Waals surface area (Å²) in [5, 5.41) is 0.694. The van der Waals surface area contributed by atoms with Crippen molar-refractivity contribution >= 4 is 29.4 Å². The first-order chi connectivity index (χ1) is 9.72. The molecule has 1 saturated heterocycles. The van der Waals surface area contributed by atoms with Gasteiger partial charge in [-0.15, -0.1) is 0 Å². The minimum atomic E-state index is 0.694. The molecule has 1 aliphatic rings. The molecule has 3 nitrogen and oxygen atoms in total. The Kier molecular flexibility index (Phi) is 3.79. The highest BCUT2D eigenvalue weighted by atomic mass is 35.5. The first kappa shape index (κ1) is 13.3. The molecule has 2 heterocycles. The van der Waals surface area contributed by atoms with E-state index < -0.39 is 0 Å². The monoisotopic (exact) mass is 288 g/mol. The van der Waals surface area contributed by atoms with Gasteiger partial charge in [0.2, 0.25) is 0 Å². The second-order valence-electron chi connectivity index (χ2n) is 5.06. The lowest BCUT2D eigenvalue weighted by atomic mass is 10.2. The second-order valence-corrected chi connectivity index (χ2v) is 5.50. The highest BCUT2D eigenvalue weighted by Crippen LogP contribution is 2.25. The fourth-order valence-corrected chi connectivity index (χ4v) is 2.54. The highest BCUT2D eigenvalue weighted by Gasteiger charge is 2.15. The average molecular weight is 289 g/mol. The minimum Gasteiger partial charge on any atom is -0.440 e. The maximum Gasteiger partial charge on any atom is 0.196 e. The summed E-state index contributed by atoms with van der Waals surface area (Å²) in [5.74, 6) is 1.71. The Labute approximate surface area is 123 Å². The summed E-state index contributed by atoms with van der Waals surface area (Å²) in [4.78, 5) is 6.72. The molecule has 0 aliphatic carbocycles. The summed E-state index contributed by atoms with van der Waals surface area (Å²) in [6.45, 7) is 4.18. The molecule has 0 N–H and O–H groups in total. The number of halogens is 1. The molecular formula is C16H17ClN2O. The Hall–Kier alpha value is -1.74. The molecule has 0 radical (unpaired) electrons. The lowest BCUT2D eigenvalue weighted by Gasteiger charge is -2.12. The van der Waals surface area contributed by atoms with Gasteiger partial charge in [-0.1, -0.05) is 17.7 Å². The Morgan fingerprint density at radius 1 is 1.20 bits per heavy atom. The Bertz CT molecular complexity index is 627. The van der Waals surface area contributed by atoms with E-state index in [1.165, 1.54) is 12.8 Å². The van der Waals surface area contributed by atoms with Crippen molar-refractivity contribution in [2.75, 3.05) is 18.0 Å². The van der Waals surface area contributed by atoms with E-state index in [9.17, 15) is 0 Å². The number of hydrogen-bond donors (Lipinski definition) is 0. The smallest absolute Gasteiger partial charge is 0.196 e. The van der Waals surface area contributed by atoms with Gasteiger partial charge in [-0.2, -0.15) is 0 Å². The van der Waals surface area contributed by atoms with Crippen molar-refractivity contribution in [1.82, 2.24) is 0 Å². The SMILES string of the molecule is Cc1ccc(Cl)cc1N=Cc1ccc(N2CCCC2)o1. The van der Waals surface area contributed by atoms with E-state index in [2.05, 4.69) is 9.89 Å². The van der Waals surface area contributed by atoms with Crippen molar-refractivity contribution in [1.29, 1.82) is 0 Å². The summed E-state index contributed by atoms with van der Waals surface area (Å²) in [6, 6.07) is 9.66. The van der Waals surface area contributed by atoms with Crippen molar-refractivity contribution < 1.29 is 4.42 Å². The molecule has 0 saturated carbocycles. The predicted octanol–water partition coefficient (Wildman–Crippen LogP) is 4.59. The van der Waals surface area contributed by atoms with Crippen LogP contribution in [0.25, 0.3) is 0 Å². The van der Waals surface area contributed by atoms with Crippen LogP contribution in [-0.4, -0.2) is 19.3 Å². The zero-order valence-electron chi connectivity index (χ0n) is 11.5. The van der Waals surface area contributed by atoms with Crippen molar-refractivity contribution in [2.24, 2.45) is 4.99 Å². The molecule has 0 spiro atoms. The standard InChI is InChI=1S/C16H17ClN2O/c1-12-4-5-13(17)10-15(12)18-11-14-6-7-16(20-14)19-8-2-3-9-19/h4-7,10-11H,2-3,8-9H2,1H3. The van der Waals surface area contributed by atoms with E-state index in [4.69, 9.17) is 16.0 Å². The molecular weight excluding hydrogens is 272 g/mol. The number of aryl methyl sites for hydroxylation is 1. The van der Waals surface area contributed by atoms with Crippen molar-refractivity contribution in [2.45, 2.75) is 19.8 Å². The van der Waals surface area contributed by atoms with E-state index in [-0.39, 0.29) is 0 Å². The van der Waals surface area contributed by atoms with E-state index >= 15 is 0 Å². The van der Waals surface area contributed by atoms with Gasteiger partial charge in [0.25, 0.3) is 0 Å². The van der Waals surface area contributed by atoms with E-state index in [1.807, 2.05) is 37.3 Å². The molecule has 0 amide bonds. The van der Waals surface area contributed by atoms with Crippen LogP contribution < -0.4 is 4.90 Å². The Balaban J connectivity index is 1.77. The maximum atomic E-state index is 5.98. The second kappa shape index (κ2) is 5.71. The summed E-state index contributed by atoms with van der Waals surface area (Å²) < 4.78 is 5.80. The Morgan fingerprint density at radius 2 is 2.00 bits per heavy atom. The molecule has 0 unspecified atom stereocenters. The van der Waals surface area contributed by atoms with Gasteiger partial charge in [-0.3, -0.25) is 4.99 Å². The van der Waals surface area contributed by atoms with E-state index in [1.54, 1.807) is 6.21 Å². The van der Waals surface area contributed by atoms with Crippen LogP contribution in [0.1, 0.15) is 24.2 Å². The molecule has 1 fully saturated rings. The predicted molar refractivity (Wildman–Crippen MR) is 83.6 cm³/mol. The fourth-order valence-electron chi connectivity index (χ4n) is 2.37. The molecule has 0 bridgehead atoms. The van der Waals surface area contributed by atoms with Gasteiger partial charge in [0.1, 0.15) is 5.76 Å². The minimum absolute atomic E-state index is 0.694. The van der Waals surface area contributed by atoms with Gasteiger partial charge in [0.15, 0.2) is 5.88 Å². The fraction of sp³-hybridized carbons (Fsp3) is 0.312. The number of rotatable bonds is 3. The lowest BCUT2D eigenvalue weighted by molar-refractivity contribution is 0.550. The van der Waals surface area contributed by atoms with Crippen molar-refractivity contribution in [3.63, 3.8) is 0 Å². The largest absolute Gasteiger partial charge is 0.440 e. The Morgan fingerprint density at radius 3 is 2.80 bits per heavy atom. The van der Waals surface area contributed by atoms with Crippen LogP contribution in [0.2, 0.25) is 5.02 Å². The molecule has 104 valence electrons. The molecule has 2 aromatic rings. The average Bonchev–Trinajstić information content (AvgIpc) is 3.09. The zero-order chi connectivity index (χ0) is 13.9. The normalized spacial score (nSPS) is 15.4. The topological polar surface area (TPSA) is 28.7 Å². The first-order valence-electron chi connectivity index (χ1n) is 6.87. The molecule has 20 heavy (non-hydrogen) atoms. The van der Waals surface area contributed by atoms with Gasteiger partial charge in [0, 0.05) is 24.2 Å². The van der Waals surface area contributed by atoms with Crippen LogP contribution in [0, 0.1) is 6.92 Å². The van der Waals surface area contributed by atoms with Crippen molar-refractivity contribution in [3.8, 4) is 0 Å².